The molecule has 1 amide bonds. The van der Waals surface area contributed by atoms with E-state index >= 15 is 0 Å². The first-order valence-electron chi connectivity index (χ1n) is 9.04. The standard InChI is InChI=1S/C21H24N2O4/c1-25-20-13-18(14-22-27-16-21(24)23-11-5-6-12-23)9-10-19(20)26-15-17-7-3-2-4-8-17/h2-4,7-10,13-14H,5-6,11-12,15-16H2,1H3/b22-14+. The third-order valence-corrected chi connectivity index (χ3v) is 4.35. The second kappa shape index (κ2) is 9.62. The summed E-state index contributed by atoms with van der Waals surface area (Å²) in [6.45, 7) is 2.05. The second-order valence-corrected chi connectivity index (χ2v) is 6.28. The molecule has 2 aromatic rings. The van der Waals surface area contributed by atoms with Crippen molar-refractivity contribution in [3.63, 3.8) is 0 Å². The first-order chi connectivity index (χ1) is 13.3. The van der Waals surface area contributed by atoms with E-state index in [4.69, 9.17) is 14.3 Å². The lowest BCUT2D eigenvalue weighted by molar-refractivity contribution is -0.134. The molecule has 0 aromatic heterocycles. The van der Waals surface area contributed by atoms with Crippen LogP contribution in [0.3, 0.4) is 0 Å². The number of nitrogens with zero attached hydrogens (tertiary/aromatic N) is 2. The number of hydrogen-bond donors (Lipinski definition) is 0. The molecule has 0 bridgehead atoms. The van der Waals surface area contributed by atoms with Crippen LogP contribution in [0.25, 0.3) is 0 Å². The molecule has 0 unspecified atom stereocenters. The van der Waals surface area contributed by atoms with E-state index in [0.717, 1.165) is 37.1 Å². The number of likely N-dealkylation sites (tertiary alicyclic amines) is 1. The number of hydrogen-bond acceptors (Lipinski definition) is 5. The summed E-state index contributed by atoms with van der Waals surface area (Å²) in [6.07, 6.45) is 3.68. The maximum absolute atomic E-state index is 11.9. The fraction of sp³-hybridized carbons (Fsp3) is 0.333. The van der Waals surface area contributed by atoms with Gasteiger partial charge in [-0.1, -0.05) is 35.5 Å². The van der Waals surface area contributed by atoms with Crippen molar-refractivity contribution < 1.29 is 19.1 Å². The lowest BCUT2D eigenvalue weighted by Crippen LogP contribution is -2.30. The number of carbonyl (C=O) groups excluding carboxylic acids is 1. The lowest BCUT2D eigenvalue weighted by atomic mass is 10.2. The van der Waals surface area contributed by atoms with Crippen molar-refractivity contribution >= 4 is 12.1 Å². The minimum Gasteiger partial charge on any atom is -0.493 e. The first kappa shape index (κ1) is 18.8. The largest absolute Gasteiger partial charge is 0.493 e. The average Bonchev–Trinajstić information content (AvgIpc) is 3.25. The third-order valence-electron chi connectivity index (χ3n) is 4.35. The van der Waals surface area contributed by atoms with Gasteiger partial charge in [0.15, 0.2) is 18.1 Å². The van der Waals surface area contributed by atoms with Gasteiger partial charge in [-0.25, -0.2) is 0 Å². The molecule has 1 saturated heterocycles. The third kappa shape index (κ3) is 5.48. The van der Waals surface area contributed by atoms with Crippen LogP contribution in [0.4, 0.5) is 0 Å². The number of methoxy groups -OCH3 is 1. The highest BCUT2D eigenvalue weighted by molar-refractivity contribution is 5.81. The van der Waals surface area contributed by atoms with Crippen LogP contribution in [-0.4, -0.2) is 43.8 Å². The van der Waals surface area contributed by atoms with E-state index < -0.39 is 0 Å². The quantitative estimate of drug-likeness (QED) is 0.530. The van der Waals surface area contributed by atoms with E-state index in [1.165, 1.54) is 0 Å². The van der Waals surface area contributed by atoms with E-state index in [9.17, 15) is 4.79 Å². The number of amides is 1. The molecule has 0 spiro atoms. The number of rotatable bonds is 8. The number of carbonyl (C=O) groups is 1. The lowest BCUT2D eigenvalue weighted by Gasteiger charge is -2.13. The monoisotopic (exact) mass is 368 g/mol. The van der Waals surface area contributed by atoms with Crippen LogP contribution in [0.5, 0.6) is 11.5 Å². The van der Waals surface area contributed by atoms with Gasteiger partial charge in [0.25, 0.3) is 5.91 Å². The summed E-state index contributed by atoms with van der Waals surface area (Å²) in [5.74, 6) is 1.25. The Balaban J connectivity index is 1.52. The second-order valence-electron chi connectivity index (χ2n) is 6.28. The summed E-state index contributed by atoms with van der Waals surface area (Å²) >= 11 is 0. The Kier molecular flexibility index (Phi) is 6.68. The molecule has 1 aliphatic rings. The molecule has 2 aromatic carbocycles. The van der Waals surface area contributed by atoms with Gasteiger partial charge >= 0.3 is 0 Å². The highest BCUT2D eigenvalue weighted by Gasteiger charge is 2.17. The van der Waals surface area contributed by atoms with Gasteiger partial charge in [0.05, 0.1) is 13.3 Å². The Morgan fingerprint density at radius 2 is 1.89 bits per heavy atom. The summed E-state index contributed by atoms with van der Waals surface area (Å²) in [5, 5.41) is 3.88. The highest BCUT2D eigenvalue weighted by Crippen LogP contribution is 2.28. The molecule has 0 N–H and O–H groups in total. The van der Waals surface area contributed by atoms with Crippen LogP contribution < -0.4 is 9.47 Å². The summed E-state index contributed by atoms with van der Waals surface area (Å²) in [6, 6.07) is 15.4. The zero-order valence-corrected chi connectivity index (χ0v) is 15.5. The predicted octanol–water partition coefficient (Wildman–Crippen LogP) is 3.25. The molecule has 6 heteroatoms. The van der Waals surface area contributed by atoms with Gasteiger partial charge in [-0.05, 0) is 36.6 Å². The molecule has 6 nitrogen and oxygen atoms in total. The van der Waals surface area contributed by atoms with Crippen molar-refractivity contribution in [2.24, 2.45) is 5.16 Å². The molecule has 0 atom stereocenters. The molecule has 3 rings (SSSR count). The van der Waals surface area contributed by atoms with Crippen molar-refractivity contribution in [2.45, 2.75) is 19.4 Å². The maximum atomic E-state index is 11.9. The molecule has 27 heavy (non-hydrogen) atoms. The van der Waals surface area contributed by atoms with Crippen LogP contribution in [0.2, 0.25) is 0 Å². The van der Waals surface area contributed by atoms with Gasteiger partial charge in [-0.2, -0.15) is 0 Å². The van der Waals surface area contributed by atoms with Gasteiger partial charge in [0, 0.05) is 18.7 Å². The molecule has 1 heterocycles. The Bertz CT molecular complexity index is 771. The van der Waals surface area contributed by atoms with Crippen LogP contribution in [0.1, 0.15) is 24.0 Å². The number of benzene rings is 2. The van der Waals surface area contributed by atoms with E-state index in [1.807, 2.05) is 48.5 Å². The summed E-state index contributed by atoms with van der Waals surface area (Å²) < 4.78 is 11.2. The number of oxime groups is 1. The normalized spacial score (nSPS) is 13.7. The van der Waals surface area contributed by atoms with Gasteiger partial charge in [0.1, 0.15) is 6.61 Å². The first-order valence-corrected chi connectivity index (χ1v) is 9.04. The Hall–Kier alpha value is -3.02. The van der Waals surface area contributed by atoms with Crippen LogP contribution in [0, 0.1) is 0 Å². The molecular weight excluding hydrogens is 344 g/mol. The number of ether oxygens (including phenoxy) is 2. The van der Waals surface area contributed by atoms with Crippen LogP contribution in [-0.2, 0) is 16.2 Å². The SMILES string of the molecule is COc1cc(/C=N/OCC(=O)N2CCCC2)ccc1OCc1ccccc1. The molecule has 0 aliphatic carbocycles. The summed E-state index contributed by atoms with van der Waals surface area (Å²) in [5.41, 5.74) is 1.88. The van der Waals surface area contributed by atoms with Gasteiger partial charge in [-0.15, -0.1) is 0 Å². The van der Waals surface area contributed by atoms with Crippen LogP contribution >= 0.6 is 0 Å². The van der Waals surface area contributed by atoms with Gasteiger partial charge in [-0.3, -0.25) is 4.79 Å². The fourth-order valence-corrected chi connectivity index (χ4v) is 2.87. The topological polar surface area (TPSA) is 60.4 Å². The van der Waals surface area contributed by atoms with Gasteiger partial charge in [0.2, 0.25) is 0 Å². The van der Waals surface area contributed by atoms with Crippen molar-refractivity contribution in [1.82, 2.24) is 4.90 Å². The molecule has 0 saturated carbocycles. The van der Waals surface area contributed by atoms with Gasteiger partial charge < -0.3 is 19.2 Å². The molecule has 0 radical (unpaired) electrons. The highest BCUT2D eigenvalue weighted by atomic mass is 16.6. The van der Waals surface area contributed by atoms with Crippen molar-refractivity contribution in [3.05, 3.63) is 59.7 Å². The molecule has 142 valence electrons. The van der Waals surface area contributed by atoms with E-state index in [0.29, 0.717) is 18.1 Å². The minimum absolute atomic E-state index is 0.0214. The molecule has 1 fully saturated rings. The average molecular weight is 368 g/mol. The molecular formula is C21H24N2O4. The zero-order valence-electron chi connectivity index (χ0n) is 15.5. The van der Waals surface area contributed by atoms with E-state index in [-0.39, 0.29) is 12.5 Å². The van der Waals surface area contributed by atoms with Crippen molar-refractivity contribution in [2.75, 3.05) is 26.8 Å². The molecule has 1 aliphatic heterocycles. The minimum atomic E-state index is -0.0358. The van der Waals surface area contributed by atoms with Crippen molar-refractivity contribution in [1.29, 1.82) is 0 Å². The Morgan fingerprint density at radius 3 is 2.63 bits per heavy atom. The summed E-state index contributed by atoms with van der Waals surface area (Å²) in [7, 11) is 1.59. The van der Waals surface area contributed by atoms with Crippen molar-refractivity contribution in [3.8, 4) is 11.5 Å². The maximum Gasteiger partial charge on any atom is 0.263 e. The zero-order chi connectivity index (χ0) is 18.9. The predicted molar refractivity (Wildman–Crippen MR) is 103 cm³/mol. The van der Waals surface area contributed by atoms with E-state index in [1.54, 1.807) is 18.2 Å². The fourth-order valence-electron chi connectivity index (χ4n) is 2.87. The smallest absolute Gasteiger partial charge is 0.263 e. The summed E-state index contributed by atoms with van der Waals surface area (Å²) in [4.78, 5) is 18.8. The Labute approximate surface area is 159 Å². The van der Waals surface area contributed by atoms with Crippen LogP contribution in [0.15, 0.2) is 53.7 Å². The Morgan fingerprint density at radius 1 is 1.11 bits per heavy atom. The van der Waals surface area contributed by atoms with E-state index in [2.05, 4.69) is 5.16 Å².